The van der Waals surface area contributed by atoms with Crippen LogP contribution in [0.15, 0.2) is 18.5 Å². The van der Waals surface area contributed by atoms with Crippen molar-refractivity contribution < 1.29 is 14.7 Å². The van der Waals surface area contributed by atoms with Crippen molar-refractivity contribution in [2.75, 3.05) is 16.8 Å². The Bertz CT molecular complexity index is 473. The molecule has 0 spiro atoms. The number of pyridine rings is 1. The number of carboxylic acids is 1. The number of aromatic nitrogens is 1. The first kappa shape index (κ1) is 13.9. The lowest BCUT2D eigenvalue weighted by atomic mass is 9.98. The molecule has 2 heterocycles. The SMILES string of the molecule is O=C(CC1CCSCC1)Nc1cnccc1C(=O)O. The van der Waals surface area contributed by atoms with Crippen LogP contribution in [-0.4, -0.2) is 33.5 Å². The molecule has 5 nitrogen and oxygen atoms in total. The van der Waals surface area contributed by atoms with Gasteiger partial charge in [-0.15, -0.1) is 0 Å². The lowest BCUT2D eigenvalue weighted by molar-refractivity contribution is -0.117. The smallest absolute Gasteiger partial charge is 0.337 e. The molecular formula is C13H16N2O3S. The second-order valence-electron chi connectivity index (χ2n) is 4.53. The summed E-state index contributed by atoms with van der Waals surface area (Å²) in [6.45, 7) is 0. The van der Waals surface area contributed by atoms with Crippen LogP contribution in [0.4, 0.5) is 5.69 Å². The number of rotatable bonds is 4. The molecule has 0 bridgehead atoms. The van der Waals surface area contributed by atoms with E-state index in [2.05, 4.69) is 10.3 Å². The van der Waals surface area contributed by atoms with Gasteiger partial charge in [0.15, 0.2) is 0 Å². The summed E-state index contributed by atoms with van der Waals surface area (Å²) in [6.07, 6.45) is 5.33. The number of hydrogen-bond acceptors (Lipinski definition) is 4. The Hall–Kier alpha value is -1.56. The summed E-state index contributed by atoms with van der Waals surface area (Å²) in [4.78, 5) is 26.8. The maximum absolute atomic E-state index is 11.9. The summed E-state index contributed by atoms with van der Waals surface area (Å²) in [5.74, 6) is 1.42. The molecule has 1 saturated heterocycles. The lowest BCUT2D eigenvalue weighted by Crippen LogP contribution is -2.20. The summed E-state index contributed by atoms with van der Waals surface area (Å²) in [6, 6.07) is 1.38. The molecule has 0 atom stereocenters. The van der Waals surface area contributed by atoms with Gasteiger partial charge < -0.3 is 10.4 Å². The molecule has 102 valence electrons. The minimum absolute atomic E-state index is 0.0718. The Morgan fingerprint density at radius 1 is 1.42 bits per heavy atom. The van der Waals surface area contributed by atoms with E-state index in [1.54, 1.807) is 0 Å². The van der Waals surface area contributed by atoms with Crippen LogP contribution in [0, 0.1) is 5.92 Å². The Kier molecular flexibility index (Phi) is 4.79. The fourth-order valence-corrected chi connectivity index (χ4v) is 3.30. The second-order valence-corrected chi connectivity index (χ2v) is 5.76. The van der Waals surface area contributed by atoms with Gasteiger partial charge in [0.1, 0.15) is 0 Å². The van der Waals surface area contributed by atoms with Crippen LogP contribution in [-0.2, 0) is 4.79 Å². The number of nitrogens with one attached hydrogen (secondary N) is 1. The molecule has 0 aliphatic carbocycles. The van der Waals surface area contributed by atoms with Gasteiger partial charge in [0.05, 0.1) is 17.4 Å². The Balaban J connectivity index is 1.96. The van der Waals surface area contributed by atoms with Crippen molar-refractivity contribution in [1.82, 2.24) is 4.98 Å². The molecule has 1 fully saturated rings. The minimum atomic E-state index is -1.06. The molecule has 2 N–H and O–H groups in total. The Labute approximate surface area is 115 Å². The number of carboxylic acid groups (broad SMARTS) is 1. The highest BCUT2D eigenvalue weighted by Gasteiger charge is 2.18. The van der Waals surface area contributed by atoms with E-state index in [1.807, 2.05) is 11.8 Å². The van der Waals surface area contributed by atoms with Crippen molar-refractivity contribution in [2.24, 2.45) is 5.92 Å². The van der Waals surface area contributed by atoms with Crippen molar-refractivity contribution in [1.29, 1.82) is 0 Å². The molecular weight excluding hydrogens is 264 g/mol. The van der Waals surface area contributed by atoms with Gasteiger partial charge in [0, 0.05) is 12.6 Å². The van der Waals surface area contributed by atoms with Crippen molar-refractivity contribution in [3.63, 3.8) is 0 Å². The van der Waals surface area contributed by atoms with Gasteiger partial charge in [-0.05, 0) is 36.3 Å². The molecule has 1 aliphatic rings. The molecule has 0 saturated carbocycles. The van der Waals surface area contributed by atoms with Gasteiger partial charge in [-0.2, -0.15) is 11.8 Å². The number of thioether (sulfide) groups is 1. The summed E-state index contributed by atoms with van der Waals surface area (Å²) in [7, 11) is 0. The van der Waals surface area contributed by atoms with E-state index >= 15 is 0 Å². The molecule has 1 aromatic heterocycles. The maximum atomic E-state index is 11.9. The first-order valence-corrected chi connectivity index (χ1v) is 7.37. The normalized spacial score (nSPS) is 16.0. The zero-order chi connectivity index (χ0) is 13.7. The molecule has 0 unspecified atom stereocenters. The Morgan fingerprint density at radius 2 is 2.16 bits per heavy atom. The number of aromatic carboxylic acids is 1. The number of hydrogen-bond donors (Lipinski definition) is 2. The topological polar surface area (TPSA) is 79.3 Å². The average molecular weight is 280 g/mol. The summed E-state index contributed by atoms with van der Waals surface area (Å²) in [5.41, 5.74) is 0.340. The zero-order valence-electron chi connectivity index (χ0n) is 10.5. The van der Waals surface area contributed by atoms with Gasteiger partial charge in [-0.25, -0.2) is 4.79 Å². The molecule has 1 amide bonds. The van der Waals surface area contributed by atoms with Gasteiger partial charge >= 0.3 is 5.97 Å². The van der Waals surface area contributed by atoms with Gasteiger partial charge in [0.25, 0.3) is 0 Å². The van der Waals surface area contributed by atoms with Crippen LogP contribution >= 0.6 is 11.8 Å². The molecule has 6 heteroatoms. The van der Waals surface area contributed by atoms with E-state index in [4.69, 9.17) is 5.11 Å². The number of anilines is 1. The van der Waals surface area contributed by atoms with E-state index in [-0.39, 0.29) is 17.2 Å². The fraction of sp³-hybridized carbons (Fsp3) is 0.462. The van der Waals surface area contributed by atoms with Gasteiger partial charge in [-0.3, -0.25) is 9.78 Å². The highest BCUT2D eigenvalue weighted by molar-refractivity contribution is 7.99. The molecule has 1 aromatic rings. The number of carbonyl (C=O) groups is 2. The Morgan fingerprint density at radius 3 is 2.84 bits per heavy atom. The van der Waals surface area contributed by atoms with Crippen molar-refractivity contribution in [2.45, 2.75) is 19.3 Å². The molecule has 1 aliphatic heterocycles. The predicted octanol–water partition coefficient (Wildman–Crippen LogP) is 2.25. The molecule has 0 aromatic carbocycles. The standard InChI is InChI=1S/C13H16N2O3S/c16-12(7-9-2-5-19-6-3-9)15-11-8-14-4-1-10(11)13(17)18/h1,4,8-9H,2-3,5-7H2,(H,15,16)(H,17,18). The first-order chi connectivity index (χ1) is 9.16. The first-order valence-electron chi connectivity index (χ1n) is 6.21. The molecule has 19 heavy (non-hydrogen) atoms. The highest BCUT2D eigenvalue weighted by atomic mass is 32.2. The third-order valence-corrected chi connectivity index (χ3v) is 4.19. The van der Waals surface area contributed by atoms with Crippen LogP contribution in [0.5, 0.6) is 0 Å². The van der Waals surface area contributed by atoms with Crippen LogP contribution in [0.1, 0.15) is 29.6 Å². The van der Waals surface area contributed by atoms with Crippen LogP contribution in [0.25, 0.3) is 0 Å². The van der Waals surface area contributed by atoms with Crippen LogP contribution in [0.2, 0.25) is 0 Å². The third kappa shape index (κ3) is 3.96. The largest absolute Gasteiger partial charge is 0.478 e. The van der Waals surface area contributed by atoms with Crippen molar-refractivity contribution >= 4 is 29.3 Å². The zero-order valence-corrected chi connectivity index (χ0v) is 11.3. The van der Waals surface area contributed by atoms with E-state index in [1.165, 1.54) is 18.5 Å². The fourth-order valence-electron chi connectivity index (χ4n) is 2.09. The van der Waals surface area contributed by atoms with Gasteiger partial charge in [-0.1, -0.05) is 0 Å². The summed E-state index contributed by atoms with van der Waals surface area (Å²) in [5, 5.41) is 11.7. The van der Waals surface area contributed by atoms with Crippen molar-refractivity contribution in [3.8, 4) is 0 Å². The average Bonchev–Trinajstić information content (AvgIpc) is 2.40. The maximum Gasteiger partial charge on any atom is 0.337 e. The highest BCUT2D eigenvalue weighted by Crippen LogP contribution is 2.25. The second kappa shape index (κ2) is 6.56. The minimum Gasteiger partial charge on any atom is -0.478 e. The van der Waals surface area contributed by atoms with Gasteiger partial charge in [0.2, 0.25) is 5.91 Å². The van der Waals surface area contributed by atoms with Crippen LogP contribution in [0.3, 0.4) is 0 Å². The molecule has 0 radical (unpaired) electrons. The number of nitrogens with zero attached hydrogens (tertiary/aromatic N) is 1. The van der Waals surface area contributed by atoms with E-state index in [0.29, 0.717) is 12.3 Å². The number of carbonyl (C=O) groups excluding carboxylic acids is 1. The van der Waals surface area contributed by atoms with E-state index in [9.17, 15) is 9.59 Å². The van der Waals surface area contributed by atoms with Crippen molar-refractivity contribution in [3.05, 3.63) is 24.0 Å². The summed E-state index contributed by atoms with van der Waals surface area (Å²) < 4.78 is 0. The number of amides is 1. The monoisotopic (exact) mass is 280 g/mol. The quantitative estimate of drug-likeness (QED) is 0.884. The lowest BCUT2D eigenvalue weighted by Gasteiger charge is -2.20. The van der Waals surface area contributed by atoms with E-state index < -0.39 is 5.97 Å². The molecule has 2 rings (SSSR count). The van der Waals surface area contributed by atoms with Crippen LogP contribution < -0.4 is 5.32 Å². The third-order valence-electron chi connectivity index (χ3n) is 3.14. The van der Waals surface area contributed by atoms with E-state index in [0.717, 1.165) is 24.3 Å². The predicted molar refractivity (Wildman–Crippen MR) is 74.5 cm³/mol. The summed E-state index contributed by atoms with van der Waals surface area (Å²) >= 11 is 1.92.